The van der Waals surface area contributed by atoms with Gasteiger partial charge in [0.05, 0.1) is 6.61 Å². The van der Waals surface area contributed by atoms with E-state index in [0.29, 0.717) is 0 Å². The first-order valence-corrected chi connectivity index (χ1v) is 7.83. The Hall–Kier alpha value is -1.64. The Kier molecular flexibility index (Phi) is 4.69. The van der Waals surface area contributed by atoms with Crippen LogP contribution < -0.4 is 5.32 Å². The molecule has 0 amide bonds. The minimum absolute atomic E-state index is 0.111. The monoisotopic (exact) mass is 281 g/mol. The molecule has 0 spiro atoms. The van der Waals surface area contributed by atoms with Crippen molar-refractivity contribution in [1.82, 2.24) is 5.32 Å². The van der Waals surface area contributed by atoms with Gasteiger partial charge in [-0.25, -0.2) is 0 Å². The van der Waals surface area contributed by atoms with E-state index in [2.05, 4.69) is 41.7 Å². The summed E-state index contributed by atoms with van der Waals surface area (Å²) in [6.07, 6.45) is 3.51. The van der Waals surface area contributed by atoms with Crippen LogP contribution in [0.3, 0.4) is 0 Å². The van der Waals surface area contributed by atoms with Crippen molar-refractivity contribution in [3.8, 4) is 0 Å². The molecule has 0 aromatic heterocycles. The predicted molar refractivity (Wildman–Crippen MR) is 86.3 cm³/mol. The zero-order valence-corrected chi connectivity index (χ0v) is 12.3. The third kappa shape index (κ3) is 3.93. The molecule has 1 saturated carbocycles. The summed E-state index contributed by atoms with van der Waals surface area (Å²) < 4.78 is 0. The molecule has 110 valence electrons. The quantitative estimate of drug-likeness (QED) is 0.816. The van der Waals surface area contributed by atoms with E-state index in [9.17, 15) is 5.11 Å². The molecule has 1 aliphatic carbocycles. The molecule has 2 aromatic rings. The van der Waals surface area contributed by atoms with Gasteiger partial charge in [-0.1, -0.05) is 54.6 Å². The fraction of sp³-hybridized carbons (Fsp3) is 0.368. The molecule has 1 aliphatic rings. The lowest BCUT2D eigenvalue weighted by Crippen LogP contribution is -2.34. The number of aliphatic hydroxyl groups is 1. The van der Waals surface area contributed by atoms with Gasteiger partial charge >= 0.3 is 0 Å². The first-order chi connectivity index (χ1) is 10.4. The van der Waals surface area contributed by atoms with Gasteiger partial charge in [-0.05, 0) is 41.9 Å². The van der Waals surface area contributed by atoms with Crippen LogP contribution >= 0.6 is 0 Å². The average molecular weight is 281 g/mol. The minimum Gasteiger partial charge on any atom is -0.395 e. The average Bonchev–Trinajstić information content (AvgIpc) is 3.37. The summed E-state index contributed by atoms with van der Waals surface area (Å²) in [6, 6.07) is 19.1. The lowest BCUT2D eigenvalue weighted by molar-refractivity contribution is 0.240. The Bertz CT molecular complexity index is 563. The van der Waals surface area contributed by atoms with E-state index in [-0.39, 0.29) is 12.6 Å². The van der Waals surface area contributed by atoms with E-state index >= 15 is 0 Å². The molecule has 2 heteroatoms. The topological polar surface area (TPSA) is 32.3 Å². The summed E-state index contributed by atoms with van der Waals surface area (Å²) in [5.74, 6) is 0.768. The number of aliphatic hydroxyl groups excluding tert-OH is 1. The van der Waals surface area contributed by atoms with Crippen LogP contribution in [-0.4, -0.2) is 17.8 Å². The molecule has 21 heavy (non-hydrogen) atoms. The molecule has 0 radical (unpaired) electrons. The maximum atomic E-state index is 9.59. The molecule has 2 aromatic carbocycles. The third-order valence-electron chi connectivity index (χ3n) is 4.20. The highest BCUT2D eigenvalue weighted by Crippen LogP contribution is 2.41. The summed E-state index contributed by atoms with van der Waals surface area (Å²) in [4.78, 5) is 0. The van der Waals surface area contributed by atoms with Crippen molar-refractivity contribution in [2.45, 2.75) is 37.8 Å². The van der Waals surface area contributed by atoms with Crippen LogP contribution in [0.4, 0.5) is 0 Å². The second-order valence-corrected chi connectivity index (χ2v) is 5.92. The van der Waals surface area contributed by atoms with Gasteiger partial charge in [-0.3, -0.25) is 0 Å². The Morgan fingerprint density at radius 3 is 2.43 bits per heavy atom. The minimum atomic E-state index is 0.111. The molecule has 2 nitrogen and oxygen atoms in total. The summed E-state index contributed by atoms with van der Waals surface area (Å²) >= 11 is 0. The standard InChI is InChI=1S/C19H23NO/c21-14-18(12-15-6-2-1-3-7-15)20-13-17-8-4-5-9-19(17)16-10-11-16/h1-9,16,18,20-21H,10-14H2/t18-/m0/s1. The molecule has 0 unspecified atom stereocenters. The van der Waals surface area contributed by atoms with E-state index in [1.165, 1.54) is 29.5 Å². The van der Waals surface area contributed by atoms with E-state index in [4.69, 9.17) is 0 Å². The van der Waals surface area contributed by atoms with Crippen LogP contribution in [-0.2, 0) is 13.0 Å². The summed E-state index contributed by atoms with van der Waals surface area (Å²) in [5.41, 5.74) is 4.13. The van der Waals surface area contributed by atoms with E-state index in [1.807, 2.05) is 18.2 Å². The van der Waals surface area contributed by atoms with Crippen LogP contribution in [0.1, 0.15) is 35.4 Å². The van der Waals surface area contributed by atoms with Crippen molar-refractivity contribution in [2.24, 2.45) is 0 Å². The van der Waals surface area contributed by atoms with Gasteiger partial charge in [-0.2, -0.15) is 0 Å². The second-order valence-electron chi connectivity index (χ2n) is 5.92. The fourth-order valence-electron chi connectivity index (χ4n) is 2.84. The largest absolute Gasteiger partial charge is 0.395 e. The van der Waals surface area contributed by atoms with Crippen LogP contribution in [0.2, 0.25) is 0 Å². The van der Waals surface area contributed by atoms with Gasteiger partial charge in [0.1, 0.15) is 0 Å². The Morgan fingerprint density at radius 1 is 1.00 bits per heavy atom. The summed E-state index contributed by atoms with van der Waals surface area (Å²) in [7, 11) is 0. The van der Waals surface area contributed by atoms with Crippen molar-refractivity contribution in [3.05, 3.63) is 71.3 Å². The van der Waals surface area contributed by atoms with Crippen LogP contribution in [0, 0.1) is 0 Å². The maximum absolute atomic E-state index is 9.59. The number of hydrogen-bond donors (Lipinski definition) is 2. The molecular weight excluding hydrogens is 258 g/mol. The Morgan fingerprint density at radius 2 is 1.71 bits per heavy atom. The number of nitrogens with one attached hydrogen (secondary N) is 1. The highest BCUT2D eigenvalue weighted by Gasteiger charge is 2.25. The highest BCUT2D eigenvalue weighted by molar-refractivity contribution is 5.33. The van der Waals surface area contributed by atoms with Crippen molar-refractivity contribution in [2.75, 3.05) is 6.61 Å². The van der Waals surface area contributed by atoms with E-state index < -0.39 is 0 Å². The predicted octanol–water partition coefficient (Wildman–Crippen LogP) is 3.26. The van der Waals surface area contributed by atoms with Crippen LogP contribution in [0.5, 0.6) is 0 Å². The van der Waals surface area contributed by atoms with Gasteiger partial charge in [0.15, 0.2) is 0 Å². The van der Waals surface area contributed by atoms with Gasteiger partial charge in [0, 0.05) is 12.6 Å². The molecule has 0 bridgehead atoms. The smallest absolute Gasteiger partial charge is 0.0587 e. The molecule has 3 rings (SSSR count). The zero-order chi connectivity index (χ0) is 14.5. The number of hydrogen-bond acceptors (Lipinski definition) is 2. The fourth-order valence-corrected chi connectivity index (χ4v) is 2.84. The van der Waals surface area contributed by atoms with Gasteiger partial charge in [-0.15, -0.1) is 0 Å². The molecule has 2 N–H and O–H groups in total. The lowest BCUT2D eigenvalue weighted by atomic mass is 10.0. The SMILES string of the molecule is OC[C@H](Cc1ccccc1)NCc1ccccc1C1CC1. The van der Waals surface area contributed by atoms with Crippen molar-refractivity contribution < 1.29 is 5.11 Å². The second kappa shape index (κ2) is 6.88. The number of benzene rings is 2. The molecule has 0 saturated heterocycles. The lowest BCUT2D eigenvalue weighted by Gasteiger charge is -2.18. The first kappa shape index (κ1) is 14.3. The first-order valence-electron chi connectivity index (χ1n) is 7.83. The molecule has 1 atom stereocenters. The number of rotatable bonds is 7. The summed E-state index contributed by atoms with van der Waals surface area (Å²) in [6.45, 7) is 1.01. The van der Waals surface area contributed by atoms with Crippen molar-refractivity contribution in [3.63, 3.8) is 0 Å². The van der Waals surface area contributed by atoms with E-state index in [1.54, 1.807) is 0 Å². The van der Waals surface area contributed by atoms with Crippen LogP contribution in [0.15, 0.2) is 54.6 Å². The van der Waals surface area contributed by atoms with Gasteiger partial charge < -0.3 is 10.4 Å². The van der Waals surface area contributed by atoms with Gasteiger partial charge in [0.25, 0.3) is 0 Å². The van der Waals surface area contributed by atoms with Crippen molar-refractivity contribution in [1.29, 1.82) is 0 Å². The Labute approximate surface area is 126 Å². The highest BCUT2D eigenvalue weighted by atomic mass is 16.3. The summed E-state index contributed by atoms with van der Waals surface area (Å²) in [5, 5.41) is 13.1. The Balaban J connectivity index is 1.60. The van der Waals surface area contributed by atoms with E-state index in [0.717, 1.165) is 18.9 Å². The molecular formula is C19H23NO. The molecule has 0 aliphatic heterocycles. The van der Waals surface area contributed by atoms with Crippen molar-refractivity contribution >= 4 is 0 Å². The van der Waals surface area contributed by atoms with Crippen LogP contribution in [0.25, 0.3) is 0 Å². The zero-order valence-electron chi connectivity index (χ0n) is 12.3. The third-order valence-corrected chi connectivity index (χ3v) is 4.20. The molecule has 0 heterocycles. The maximum Gasteiger partial charge on any atom is 0.0587 e. The normalized spacial score (nSPS) is 15.9. The van der Waals surface area contributed by atoms with Gasteiger partial charge in [0.2, 0.25) is 0 Å². The molecule has 1 fully saturated rings.